The minimum Gasteiger partial charge on any atom is -0.466 e. The van der Waals surface area contributed by atoms with E-state index in [0.29, 0.717) is 19.4 Å². The van der Waals surface area contributed by atoms with Gasteiger partial charge in [-0.05, 0) is 57.8 Å². The lowest BCUT2D eigenvalue weighted by atomic mass is 10.0. The van der Waals surface area contributed by atoms with Crippen LogP contribution in [-0.2, 0) is 14.3 Å². The van der Waals surface area contributed by atoms with Gasteiger partial charge in [0.25, 0.3) is 0 Å². The molecule has 0 saturated heterocycles. The monoisotopic (exact) mass is 888 g/mol. The molecule has 0 radical (unpaired) electrons. The van der Waals surface area contributed by atoms with Gasteiger partial charge in [-0.2, -0.15) is 0 Å². The van der Waals surface area contributed by atoms with Crippen LogP contribution in [0.25, 0.3) is 0 Å². The number of ether oxygens (including phenoxy) is 1. The molecule has 0 fully saturated rings. The van der Waals surface area contributed by atoms with Crippen molar-refractivity contribution in [3.05, 3.63) is 24.3 Å². The van der Waals surface area contributed by atoms with E-state index < -0.39 is 12.1 Å². The van der Waals surface area contributed by atoms with E-state index >= 15 is 0 Å². The van der Waals surface area contributed by atoms with Crippen molar-refractivity contribution in [2.24, 2.45) is 0 Å². The summed E-state index contributed by atoms with van der Waals surface area (Å²) in [5, 5.41) is 23.1. The summed E-state index contributed by atoms with van der Waals surface area (Å²) in [5.41, 5.74) is 0. The van der Waals surface area contributed by atoms with E-state index in [0.717, 1.165) is 70.6 Å². The van der Waals surface area contributed by atoms with Gasteiger partial charge in [-0.3, -0.25) is 9.59 Å². The van der Waals surface area contributed by atoms with Crippen LogP contribution in [-0.4, -0.2) is 47.4 Å². The first-order chi connectivity index (χ1) is 31.0. The predicted molar refractivity (Wildman–Crippen MR) is 273 cm³/mol. The van der Waals surface area contributed by atoms with E-state index in [1.165, 1.54) is 205 Å². The lowest BCUT2D eigenvalue weighted by molar-refractivity contribution is -0.143. The molecule has 0 aliphatic carbocycles. The molecule has 63 heavy (non-hydrogen) atoms. The predicted octanol–water partition coefficient (Wildman–Crippen LogP) is 17.1. The van der Waals surface area contributed by atoms with Gasteiger partial charge in [0.2, 0.25) is 5.91 Å². The van der Waals surface area contributed by atoms with Crippen LogP contribution in [0.5, 0.6) is 0 Å². The first kappa shape index (κ1) is 61.3. The molecule has 0 saturated carbocycles. The number of aliphatic hydroxyl groups is 2. The van der Waals surface area contributed by atoms with Crippen molar-refractivity contribution in [3.8, 4) is 0 Å². The summed E-state index contributed by atoms with van der Waals surface area (Å²) in [4.78, 5) is 24.5. The van der Waals surface area contributed by atoms with Crippen LogP contribution in [0.15, 0.2) is 24.3 Å². The molecule has 0 rings (SSSR count). The largest absolute Gasteiger partial charge is 0.466 e. The molecular formula is C57H109NO5. The van der Waals surface area contributed by atoms with Crippen LogP contribution in [0.1, 0.15) is 303 Å². The molecule has 6 nitrogen and oxygen atoms in total. The molecule has 0 aromatic carbocycles. The Morgan fingerprint density at radius 3 is 1.13 bits per heavy atom. The van der Waals surface area contributed by atoms with Crippen LogP contribution in [0.2, 0.25) is 0 Å². The summed E-state index contributed by atoms with van der Waals surface area (Å²) in [6, 6.07) is -0.639. The highest BCUT2D eigenvalue weighted by atomic mass is 16.5. The molecule has 2 unspecified atom stereocenters. The number of hydrogen-bond acceptors (Lipinski definition) is 5. The first-order valence-electron chi connectivity index (χ1n) is 28.1. The van der Waals surface area contributed by atoms with Crippen LogP contribution < -0.4 is 5.32 Å². The Labute approximate surface area is 392 Å². The van der Waals surface area contributed by atoms with Crippen LogP contribution in [0, 0.1) is 0 Å². The molecule has 0 bridgehead atoms. The van der Waals surface area contributed by atoms with Gasteiger partial charge < -0.3 is 20.3 Å². The second-order valence-electron chi connectivity index (χ2n) is 19.3. The molecule has 1 amide bonds. The van der Waals surface area contributed by atoms with Gasteiger partial charge in [-0.1, -0.05) is 256 Å². The Bertz CT molecular complexity index is 982. The number of carbonyl (C=O) groups excluding carboxylic acids is 2. The number of unbranched alkanes of at least 4 members (excludes halogenated alkanes) is 39. The lowest BCUT2D eigenvalue weighted by Crippen LogP contribution is -2.45. The van der Waals surface area contributed by atoms with Crippen molar-refractivity contribution in [2.45, 2.75) is 315 Å². The minimum atomic E-state index is -0.854. The quantitative estimate of drug-likeness (QED) is 0.0321. The maximum Gasteiger partial charge on any atom is 0.305 e. The van der Waals surface area contributed by atoms with Gasteiger partial charge in [0.05, 0.1) is 25.4 Å². The zero-order valence-electron chi connectivity index (χ0n) is 42.3. The molecule has 6 heteroatoms. The third kappa shape index (κ3) is 49.6. The van der Waals surface area contributed by atoms with E-state index in [-0.39, 0.29) is 18.5 Å². The summed E-state index contributed by atoms with van der Waals surface area (Å²) in [6.07, 6.45) is 63.3. The SMILES string of the molecule is CCCCCCCCCCCCCCCCCC/C=C/C(O)C(CO)NC(=O)CCCCCCCCC/C=C\CCCCCCOC(=O)CCCCCCCCCCCCCCC. The van der Waals surface area contributed by atoms with Crippen molar-refractivity contribution in [1.82, 2.24) is 5.32 Å². The number of hydrogen-bond donors (Lipinski definition) is 3. The van der Waals surface area contributed by atoms with Gasteiger partial charge in [-0.25, -0.2) is 0 Å². The highest BCUT2D eigenvalue weighted by Gasteiger charge is 2.18. The second-order valence-corrected chi connectivity index (χ2v) is 19.3. The fraction of sp³-hybridized carbons (Fsp3) is 0.895. The zero-order valence-corrected chi connectivity index (χ0v) is 42.3. The number of rotatable bonds is 52. The number of nitrogens with one attached hydrogen (secondary N) is 1. The number of esters is 1. The third-order valence-corrected chi connectivity index (χ3v) is 13.0. The summed E-state index contributed by atoms with van der Waals surface area (Å²) in [7, 11) is 0. The molecule has 0 spiro atoms. The van der Waals surface area contributed by atoms with Crippen molar-refractivity contribution < 1.29 is 24.5 Å². The first-order valence-corrected chi connectivity index (χ1v) is 28.1. The fourth-order valence-electron chi connectivity index (χ4n) is 8.63. The molecule has 0 heterocycles. The van der Waals surface area contributed by atoms with Gasteiger partial charge in [0, 0.05) is 12.8 Å². The van der Waals surface area contributed by atoms with Crippen molar-refractivity contribution >= 4 is 11.9 Å². The average molecular weight is 889 g/mol. The molecule has 3 N–H and O–H groups in total. The van der Waals surface area contributed by atoms with E-state index in [1.54, 1.807) is 6.08 Å². The third-order valence-electron chi connectivity index (χ3n) is 13.0. The second kappa shape index (κ2) is 53.0. The molecule has 0 aliphatic heterocycles. The van der Waals surface area contributed by atoms with E-state index in [9.17, 15) is 19.8 Å². The van der Waals surface area contributed by atoms with E-state index in [1.807, 2.05) is 6.08 Å². The minimum absolute atomic E-state index is 0.00953. The Morgan fingerprint density at radius 1 is 0.429 bits per heavy atom. The molecule has 372 valence electrons. The van der Waals surface area contributed by atoms with Gasteiger partial charge >= 0.3 is 5.97 Å². The van der Waals surface area contributed by atoms with Gasteiger partial charge in [-0.15, -0.1) is 0 Å². The molecule has 0 aromatic rings. The molecule has 0 aromatic heterocycles. The summed E-state index contributed by atoms with van der Waals surface area (Å²) < 4.78 is 5.45. The summed E-state index contributed by atoms with van der Waals surface area (Å²) in [5.74, 6) is -0.0909. The van der Waals surface area contributed by atoms with Crippen LogP contribution >= 0.6 is 0 Å². The standard InChI is InChI=1S/C57H109NO5/c1-3-5-7-9-11-13-15-17-18-19-20-22-26-29-33-37-41-45-49-55(60)54(53-59)58-56(61)50-46-42-38-34-30-27-23-21-24-28-32-36-40-44-48-52-63-57(62)51-47-43-39-35-31-25-16-14-12-10-8-6-4-2/h24,28,45,49,54-55,59-60H,3-23,25-27,29-44,46-48,50-53H2,1-2H3,(H,58,61)/b28-24-,49-45+. The lowest BCUT2D eigenvalue weighted by Gasteiger charge is -2.20. The Kier molecular flexibility index (Phi) is 51.6. The highest BCUT2D eigenvalue weighted by molar-refractivity contribution is 5.76. The Hall–Kier alpha value is -1.66. The number of carbonyl (C=O) groups is 2. The number of aliphatic hydroxyl groups excluding tert-OH is 2. The normalized spacial score (nSPS) is 12.8. The average Bonchev–Trinajstić information content (AvgIpc) is 3.28. The Morgan fingerprint density at radius 2 is 0.746 bits per heavy atom. The summed E-state index contributed by atoms with van der Waals surface area (Å²) >= 11 is 0. The van der Waals surface area contributed by atoms with Crippen molar-refractivity contribution in [3.63, 3.8) is 0 Å². The zero-order chi connectivity index (χ0) is 45.8. The van der Waals surface area contributed by atoms with E-state index in [4.69, 9.17) is 4.74 Å². The maximum absolute atomic E-state index is 12.5. The van der Waals surface area contributed by atoms with Crippen molar-refractivity contribution in [2.75, 3.05) is 13.2 Å². The van der Waals surface area contributed by atoms with Gasteiger partial charge in [0.15, 0.2) is 0 Å². The number of amides is 1. The molecular weight excluding hydrogens is 779 g/mol. The Balaban J connectivity index is 3.51. The van der Waals surface area contributed by atoms with Gasteiger partial charge in [0.1, 0.15) is 0 Å². The van der Waals surface area contributed by atoms with Crippen molar-refractivity contribution in [1.29, 1.82) is 0 Å². The van der Waals surface area contributed by atoms with Crippen LogP contribution in [0.3, 0.4) is 0 Å². The van der Waals surface area contributed by atoms with E-state index in [2.05, 4.69) is 31.3 Å². The number of allylic oxidation sites excluding steroid dienone is 3. The topological polar surface area (TPSA) is 95.9 Å². The maximum atomic E-state index is 12.5. The van der Waals surface area contributed by atoms with Crippen LogP contribution in [0.4, 0.5) is 0 Å². The fourth-order valence-corrected chi connectivity index (χ4v) is 8.63. The summed E-state index contributed by atoms with van der Waals surface area (Å²) in [6.45, 7) is 4.88. The molecule has 0 aliphatic rings. The molecule has 2 atom stereocenters. The highest BCUT2D eigenvalue weighted by Crippen LogP contribution is 2.16. The smallest absolute Gasteiger partial charge is 0.305 e.